The Morgan fingerprint density at radius 3 is 1.25 bits per heavy atom. The van der Waals surface area contributed by atoms with Crippen molar-refractivity contribution in [2.75, 3.05) is 14.7 Å². The molecule has 0 saturated heterocycles. The number of benzene rings is 5. The van der Waals surface area contributed by atoms with Gasteiger partial charge in [-0.1, -0.05) is 102 Å². The summed E-state index contributed by atoms with van der Waals surface area (Å²) < 4.78 is 12.9. The van der Waals surface area contributed by atoms with Gasteiger partial charge in [0, 0.05) is 34.1 Å². The third-order valence-electron chi connectivity index (χ3n) is 10.5. The Balaban J connectivity index is 1.35. The number of hydrogen-bond acceptors (Lipinski definition) is 5. The molecule has 256 valence electrons. The Morgan fingerprint density at radius 2 is 0.865 bits per heavy atom. The molecule has 0 saturated carbocycles. The van der Waals surface area contributed by atoms with Crippen LogP contribution in [0.15, 0.2) is 155 Å². The quantitative estimate of drug-likeness (QED) is 0.169. The highest BCUT2D eigenvalue weighted by Gasteiger charge is 2.48. The first-order chi connectivity index (χ1) is 25.1. The van der Waals surface area contributed by atoms with Crippen LogP contribution in [0, 0.1) is 0 Å². The lowest BCUT2D eigenvalue weighted by atomic mass is 9.38. The molecule has 6 heteroatoms. The molecule has 0 atom stereocenters. The van der Waals surface area contributed by atoms with Crippen LogP contribution in [-0.4, -0.2) is 6.71 Å². The number of nitrogens with zero attached hydrogens (tertiary/aromatic N) is 3. The van der Waals surface area contributed by atoms with Gasteiger partial charge in [0.2, 0.25) is 0 Å². The monoisotopic (exact) mass is 679 g/mol. The van der Waals surface area contributed by atoms with Crippen molar-refractivity contribution in [3.05, 3.63) is 157 Å². The van der Waals surface area contributed by atoms with Crippen LogP contribution in [0.4, 0.5) is 51.2 Å². The predicted octanol–water partition coefficient (Wildman–Crippen LogP) is 11.0. The molecule has 4 heterocycles. The zero-order valence-corrected chi connectivity index (χ0v) is 30.6. The molecular weight excluding hydrogens is 637 g/mol. The van der Waals surface area contributed by atoms with Crippen molar-refractivity contribution >= 4 is 74.7 Å². The number of anilines is 9. The van der Waals surface area contributed by atoms with Crippen LogP contribution >= 0.6 is 0 Å². The van der Waals surface area contributed by atoms with E-state index >= 15 is 0 Å². The standard InChI is InChI=1S/C46H42BN3O2/c1-45(2,3)31-17-21-35(22-18-31)49-38-25-27-51-43(38)47-42-40(49)29-37(48(33-13-9-7-10-14-33)34-15-11-8-12-16-34)30-41(42)50(39-26-28-52-44(39)47)36-23-19-32(20-24-36)46(4,5)6/h7-30H,1-6H3. The second kappa shape index (κ2) is 11.8. The highest BCUT2D eigenvalue weighted by Crippen LogP contribution is 2.48. The average Bonchev–Trinajstić information content (AvgIpc) is 3.83. The van der Waals surface area contributed by atoms with Crippen molar-refractivity contribution in [2.45, 2.75) is 52.4 Å². The minimum Gasteiger partial charge on any atom is -0.476 e. The van der Waals surface area contributed by atoms with E-state index in [0.717, 1.165) is 68.0 Å². The molecule has 0 spiro atoms. The van der Waals surface area contributed by atoms with Crippen LogP contribution in [0.3, 0.4) is 0 Å². The molecule has 5 aromatic carbocycles. The van der Waals surface area contributed by atoms with Crippen molar-refractivity contribution in [2.24, 2.45) is 0 Å². The summed E-state index contributed by atoms with van der Waals surface area (Å²) >= 11 is 0. The maximum Gasteiger partial charge on any atom is 0.342 e. The first-order valence-electron chi connectivity index (χ1n) is 18.1. The van der Waals surface area contributed by atoms with E-state index in [2.05, 4.69) is 190 Å². The summed E-state index contributed by atoms with van der Waals surface area (Å²) in [6.45, 7) is 13.3. The molecular formula is C46H42BN3O2. The topological polar surface area (TPSA) is 36.0 Å². The largest absolute Gasteiger partial charge is 0.476 e. The van der Waals surface area contributed by atoms with Crippen LogP contribution < -0.4 is 31.5 Å². The van der Waals surface area contributed by atoms with Gasteiger partial charge in [-0.3, -0.25) is 0 Å². The summed E-state index contributed by atoms with van der Waals surface area (Å²) in [5.41, 5.74) is 15.1. The summed E-state index contributed by atoms with van der Waals surface area (Å²) in [5.74, 6) is 0. The summed E-state index contributed by atoms with van der Waals surface area (Å²) in [5, 5.41) is 0. The molecule has 0 aliphatic carbocycles. The van der Waals surface area contributed by atoms with Crippen molar-refractivity contribution in [1.82, 2.24) is 0 Å². The normalized spacial score (nSPS) is 13.5. The molecule has 0 unspecified atom stereocenters. The summed E-state index contributed by atoms with van der Waals surface area (Å²) in [6.07, 6.45) is 3.63. The Bertz CT molecular complexity index is 2220. The molecule has 9 rings (SSSR count). The molecule has 7 aromatic rings. The van der Waals surface area contributed by atoms with Gasteiger partial charge in [0.05, 0.1) is 29.6 Å². The molecule has 0 bridgehead atoms. The summed E-state index contributed by atoms with van der Waals surface area (Å²) in [4.78, 5) is 7.09. The Labute approximate surface area is 306 Å². The highest BCUT2D eigenvalue weighted by molar-refractivity contribution is 6.98. The third-order valence-corrected chi connectivity index (χ3v) is 10.5. The minimum atomic E-state index is -0.217. The summed E-state index contributed by atoms with van der Waals surface area (Å²) in [6, 6.07) is 48.1. The highest BCUT2D eigenvalue weighted by atomic mass is 16.3. The Kier molecular flexibility index (Phi) is 7.30. The SMILES string of the molecule is CC(C)(C)c1ccc(N2c3ccoc3B3c4occc4N(c4ccc(C(C)(C)C)cc4)c4cc(N(c5ccccc5)c5ccccc5)cc2c43)cc1. The van der Waals surface area contributed by atoms with E-state index in [9.17, 15) is 0 Å². The smallest absolute Gasteiger partial charge is 0.342 e. The molecule has 0 N–H and O–H groups in total. The number of rotatable bonds is 5. The van der Waals surface area contributed by atoms with Crippen LogP contribution in [-0.2, 0) is 10.8 Å². The second-order valence-electron chi connectivity index (χ2n) is 15.9. The minimum absolute atomic E-state index is 0.0377. The van der Waals surface area contributed by atoms with Crippen LogP contribution in [0.1, 0.15) is 52.7 Å². The Hall–Kier alpha value is -5.88. The van der Waals surface area contributed by atoms with E-state index < -0.39 is 0 Å². The van der Waals surface area contributed by atoms with E-state index in [1.54, 1.807) is 0 Å². The van der Waals surface area contributed by atoms with Crippen LogP contribution in [0.25, 0.3) is 0 Å². The number of hydrogen-bond donors (Lipinski definition) is 0. The average molecular weight is 680 g/mol. The lowest BCUT2D eigenvalue weighted by Gasteiger charge is -2.41. The third kappa shape index (κ3) is 5.16. The Morgan fingerprint density at radius 1 is 0.462 bits per heavy atom. The second-order valence-corrected chi connectivity index (χ2v) is 15.9. The van der Waals surface area contributed by atoms with Gasteiger partial charge >= 0.3 is 6.71 Å². The lowest BCUT2D eigenvalue weighted by molar-refractivity contribution is 0.587. The zero-order valence-electron chi connectivity index (χ0n) is 30.6. The number of fused-ring (bicyclic) bond motifs is 4. The van der Waals surface area contributed by atoms with Crippen molar-refractivity contribution in [3.63, 3.8) is 0 Å². The van der Waals surface area contributed by atoms with Gasteiger partial charge in [0.1, 0.15) is 11.3 Å². The molecule has 2 aliphatic rings. The lowest BCUT2D eigenvalue weighted by Crippen LogP contribution is -2.60. The van der Waals surface area contributed by atoms with E-state index in [4.69, 9.17) is 8.83 Å². The number of para-hydroxylation sites is 2. The molecule has 2 aromatic heterocycles. The predicted molar refractivity (Wildman–Crippen MR) is 217 cm³/mol. The van der Waals surface area contributed by atoms with Gasteiger partial charge in [0.15, 0.2) is 0 Å². The molecule has 52 heavy (non-hydrogen) atoms. The maximum absolute atomic E-state index is 6.44. The van der Waals surface area contributed by atoms with Gasteiger partial charge < -0.3 is 23.5 Å². The van der Waals surface area contributed by atoms with Gasteiger partial charge in [-0.15, -0.1) is 0 Å². The summed E-state index contributed by atoms with van der Waals surface area (Å²) in [7, 11) is 0. The molecule has 0 fully saturated rings. The fourth-order valence-electron chi connectivity index (χ4n) is 7.85. The van der Waals surface area contributed by atoms with E-state index in [0.29, 0.717) is 0 Å². The fourth-order valence-corrected chi connectivity index (χ4v) is 7.85. The van der Waals surface area contributed by atoms with Crippen molar-refractivity contribution < 1.29 is 8.83 Å². The van der Waals surface area contributed by atoms with E-state index in [1.807, 2.05) is 12.5 Å². The molecule has 0 radical (unpaired) electrons. The zero-order chi connectivity index (χ0) is 35.8. The molecule has 0 amide bonds. The van der Waals surface area contributed by atoms with Crippen LogP contribution in [0.2, 0.25) is 0 Å². The van der Waals surface area contributed by atoms with Gasteiger partial charge in [-0.05, 0) is 100 Å². The van der Waals surface area contributed by atoms with Gasteiger partial charge in [-0.25, -0.2) is 0 Å². The fraction of sp³-hybridized carbons (Fsp3) is 0.174. The molecule has 2 aliphatic heterocycles. The maximum atomic E-state index is 6.44. The van der Waals surface area contributed by atoms with Gasteiger partial charge in [0.25, 0.3) is 0 Å². The van der Waals surface area contributed by atoms with Gasteiger partial charge in [-0.2, -0.15) is 0 Å². The number of furan rings is 2. The first-order valence-corrected chi connectivity index (χ1v) is 18.1. The van der Waals surface area contributed by atoms with E-state index in [1.165, 1.54) is 11.1 Å². The van der Waals surface area contributed by atoms with E-state index in [-0.39, 0.29) is 17.5 Å². The van der Waals surface area contributed by atoms with Crippen molar-refractivity contribution in [1.29, 1.82) is 0 Å². The van der Waals surface area contributed by atoms with Crippen molar-refractivity contribution in [3.8, 4) is 0 Å². The molecule has 5 nitrogen and oxygen atoms in total. The van der Waals surface area contributed by atoms with Crippen LogP contribution in [0.5, 0.6) is 0 Å². The first kappa shape index (κ1) is 32.1.